The van der Waals surface area contributed by atoms with Gasteiger partial charge in [-0.2, -0.15) is 0 Å². The van der Waals surface area contributed by atoms with Gasteiger partial charge in [0.2, 0.25) is 5.91 Å². The number of hydrogen-bond acceptors (Lipinski definition) is 6. The SMILES string of the molecule is COc1ccccc1[C@H]1CN(C)C2(C(=O)Nc3ccc(F)cc32)[C@H]1C(=O)c1ccc(O)c(O)c1. The lowest BCUT2D eigenvalue weighted by Gasteiger charge is -2.35. The summed E-state index contributed by atoms with van der Waals surface area (Å²) in [6.07, 6.45) is 0. The van der Waals surface area contributed by atoms with Crippen molar-refractivity contribution < 1.29 is 28.9 Å². The van der Waals surface area contributed by atoms with E-state index in [0.29, 0.717) is 23.5 Å². The molecule has 0 aliphatic carbocycles. The number of hydrogen-bond donors (Lipinski definition) is 3. The number of nitrogens with one attached hydrogen (secondary N) is 1. The van der Waals surface area contributed by atoms with E-state index < -0.39 is 40.6 Å². The number of ether oxygens (including phenoxy) is 1. The Bertz CT molecular complexity index is 1330. The van der Waals surface area contributed by atoms with Gasteiger partial charge in [-0.25, -0.2) is 4.39 Å². The number of nitrogens with zero attached hydrogens (tertiary/aromatic N) is 1. The van der Waals surface area contributed by atoms with E-state index in [-0.39, 0.29) is 11.3 Å². The van der Waals surface area contributed by atoms with Gasteiger partial charge in [0.15, 0.2) is 17.3 Å². The van der Waals surface area contributed by atoms with Gasteiger partial charge >= 0.3 is 0 Å². The minimum atomic E-state index is -1.48. The Balaban J connectivity index is 1.76. The van der Waals surface area contributed by atoms with E-state index in [9.17, 15) is 24.2 Å². The second kappa shape index (κ2) is 7.85. The lowest BCUT2D eigenvalue weighted by atomic mass is 9.70. The minimum Gasteiger partial charge on any atom is -0.504 e. The minimum absolute atomic E-state index is 0.132. The zero-order valence-electron chi connectivity index (χ0n) is 18.6. The van der Waals surface area contributed by atoms with Gasteiger partial charge in [0.25, 0.3) is 0 Å². The first-order valence-corrected chi connectivity index (χ1v) is 10.8. The van der Waals surface area contributed by atoms with Crippen molar-refractivity contribution in [2.75, 3.05) is 26.0 Å². The predicted molar refractivity (Wildman–Crippen MR) is 123 cm³/mol. The van der Waals surface area contributed by atoms with Crippen LogP contribution in [0.3, 0.4) is 0 Å². The first kappa shape index (κ1) is 21.9. The summed E-state index contributed by atoms with van der Waals surface area (Å²) in [5, 5.41) is 22.6. The summed E-state index contributed by atoms with van der Waals surface area (Å²) >= 11 is 0. The van der Waals surface area contributed by atoms with E-state index in [1.807, 2.05) is 18.2 Å². The van der Waals surface area contributed by atoms with Gasteiger partial charge in [-0.15, -0.1) is 0 Å². The molecule has 174 valence electrons. The fraction of sp³-hybridized carbons (Fsp3) is 0.231. The van der Waals surface area contributed by atoms with Crippen molar-refractivity contribution in [3.63, 3.8) is 0 Å². The fourth-order valence-electron chi connectivity index (χ4n) is 5.52. The average Bonchev–Trinajstić information content (AvgIpc) is 3.29. The van der Waals surface area contributed by atoms with Crippen LogP contribution in [0.2, 0.25) is 0 Å². The van der Waals surface area contributed by atoms with Gasteiger partial charge in [0.1, 0.15) is 17.1 Å². The van der Waals surface area contributed by atoms with Crippen LogP contribution in [-0.2, 0) is 10.3 Å². The van der Waals surface area contributed by atoms with Crippen molar-refractivity contribution in [2.45, 2.75) is 11.5 Å². The van der Waals surface area contributed by atoms with Crippen molar-refractivity contribution in [3.05, 3.63) is 83.2 Å². The maximum absolute atomic E-state index is 14.4. The summed E-state index contributed by atoms with van der Waals surface area (Å²) < 4.78 is 20.0. The van der Waals surface area contributed by atoms with Crippen LogP contribution in [0.1, 0.15) is 27.4 Å². The van der Waals surface area contributed by atoms with E-state index in [4.69, 9.17) is 4.74 Å². The molecule has 3 aromatic carbocycles. The summed E-state index contributed by atoms with van der Waals surface area (Å²) in [6, 6.07) is 15.2. The second-order valence-electron chi connectivity index (χ2n) is 8.68. The lowest BCUT2D eigenvalue weighted by Crippen LogP contribution is -2.51. The van der Waals surface area contributed by atoms with Crippen molar-refractivity contribution in [3.8, 4) is 17.2 Å². The first-order valence-electron chi connectivity index (χ1n) is 10.8. The van der Waals surface area contributed by atoms with E-state index in [0.717, 1.165) is 5.56 Å². The van der Waals surface area contributed by atoms with Crippen LogP contribution in [0.15, 0.2) is 60.7 Å². The Morgan fingerprint density at radius 1 is 1.12 bits per heavy atom. The molecule has 0 aromatic heterocycles. The number of fused-ring (bicyclic) bond motifs is 2. The molecule has 5 rings (SSSR count). The number of aromatic hydroxyl groups is 2. The summed E-state index contributed by atoms with van der Waals surface area (Å²) in [4.78, 5) is 29.5. The van der Waals surface area contributed by atoms with Gasteiger partial charge in [0, 0.05) is 29.3 Å². The van der Waals surface area contributed by atoms with Gasteiger partial charge in [-0.05, 0) is 55.1 Å². The molecule has 3 N–H and O–H groups in total. The molecule has 8 heteroatoms. The molecule has 1 amide bonds. The number of Topliss-reactive ketones (excluding diaryl/α,β-unsaturated/α-hetero) is 1. The number of halogens is 1. The van der Waals surface area contributed by atoms with E-state index in [1.165, 1.54) is 43.5 Å². The molecule has 1 spiro atoms. The highest BCUT2D eigenvalue weighted by Crippen LogP contribution is 2.56. The molecule has 1 fully saturated rings. The molecular weight excluding hydrogens is 439 g/mol. The molecule has 0 saturated carbocycles. The number of rotatable bonds is 4. The molecule has 1 unspecified atom stereocenters. The molecule has 7 nitrogen and oxygen atoms in total. The number of phenols is 2. The Morgan fingerprint density at radius 2 is 1.88 bits per heavy atom. The van der Waals surface area contributed by atoms with Gasteiger partial charge in [-0.1, -0.05) is 18.2 Å². The van der Waals surface area contributed by atoms with Gasteiger partial charge < -0.3 is 20.3 Å². The number of likely N-dealkylation sites (N-methyl/N-ethyl adjacent to an activating group) is 1. The summed E-state index contributed by atoms with van der Waals surface area (Å²) in [6.45, 7) is 0.324. The smallest absolute Gasteiger partial charge is 0.250 e. The quantitative estimate of drug-likeness (QED) is 0.405. The molecule has 0 radical (unpaired) electrons. The molecule has 2 aliphatic heterocycles. The number of carbonyl (C=O) groups is 2. The van der Waals surface area contributed by atoms with Crippen LogP contribution < -0.4 is 10.1 Å². The molecule has 2 heterocycles. The average molecular weight is 462 g/mol. The summed E-state index contributed by atoms with van der Waals surface area (Å²) in [7, 11) is 3.28. The normalized spacial score (nSPS) is 23.7. The molecule has 2 aliphatic rings. The number of ketones is 1. The van der Waals surface area contributed by atoms with Crippen LogP contribution in [0.5, 0.6) is 17.2 Å². The predicted octanol–water partition coefficient (Wildman–Crippen LogP) is 3.62. The topological polar surface area (TPSA) is 99.1 Å². The van der Waals surface area contributed by atoms with Crippen molar-refractivity contribution in [1.29, 1.82) is 0 Å². The molecule has 34 heavy (non-hydrogen) atoms. The zero-order chi connectivity index (χ0) is 24.2. The largest absolute Gasteiger partial charge is 0.504 e. The summed E-state index contributed by atoms with van der Waals surface area (Å²) in [5.74, 6) is -3.04. The molecule has 3 atom stereocenters. The fourth-order valence-corrected chi connectivity index (χ4v) is 5.52. The zero-order valence-corrected chi connectivity index (χ0v) is 18.6. The van der Waals surface area contributed by atoms with Gasteiger partial charge in [-0.3, -0.25) is 14.5 Å². The second-order valence-corrected chi connectivity index (χ2v) is 8.68. The lowest BCUT2D eigenvalue weighted by molar-refractivity contribution is -0.126. The maximum atomic E-state index is 14.4. The van der Waals surface area contributed by atoms with Crippen LogP contribution in [-0.4, -0.2) is 47.5 Å². The number of amides is 1. The number of para-hydroxylation sites is 1. The van der Waals surface area contributed by atoms with Crippen molar-refractivity contribution >= 4 is 17.4 Å². The standard InChI is InChI=1S/C26H23FN2O5/c1-29-13-17(16-5-3-4-6-22(16)34-2)23(24(32)14-7-10-20(30)21(31)11-14)26(29)18-12-15(27)8-9-19(18)28-25(26)33/h3-12,17,23,30-31H,13H2,1-2H3,(H,28,33)/t17-,23-,26?/m1/s1. The monoisotopic (exact) mass is 462 g/mol. The first-order chi connectivity index (χ1) is 16.3. The van der Waals surface area contributed by atoms with E-state index in [1.54, 1.807) is 18.0 Å². The number of likely N-dealkylation sites (tertiary alicyclic amines) is 1. The number of benzene rings is 3. The maximum Gasteiger partial charge on any atom is 0.250 e. The molecule has 3 aromatic rings. The Morgan fingerprint density at radius 3 is 2.62 bits per heavy atom. The van der Waals surface area contributed by atoms with Gasteiger partial charge in [0.05, 0.1) is 13.0 Å². The van der Waals surface area contributed by atoms with Crippen molar-refractivity contribution in [1.82, 2.24) is 4.90 Å². The van der Waals surface area contributed by atoms with E-state index in [2.05, 4.69) is 5.32 Å². The molecule has 1 saturated heterocycles. The third kappa shape index (κ3) is 2.99. The van der Waals surface area contributed by atoms with Crippen LogP contribution >= 0.6 is 0 Å². The van der Waals surface area contributed by atoms with Crippen molar-refractivity contribution in [2.24, 2.45) is 5.92 Å². The Kier molecular flexibility index (Phi) is 5.06. The highest BCUT2D eigenvalue weighted by atomic mass is 19.1. The summed E-state index contributed by atoms with van der Waals surface area (Å²) in [5.41, 5.74) is 0.234. The number of anilines is 1. The number of phenolic OH excluding ortho intramolecular Hbond substituents is 2. The van der Waals surface area contributed by atoms with Crippen LogP contribution in [0.4, 0.5) is 10.1 Å². The number of methoxy groups -OCH3 is 1. The third-order valence-corrected chi connectivity index (χ3v) is 6.99. The van der Waals surface area contributed by atoms with Crippen LogP contribution in [0, 0.1) is 11.7 Å². The molecule has 0 bridgehead atoms. The van der Waals surface area contributed by atoms with E-state index >= 15 is 0 Å². The Hall–Kier alpha value is -3.91. The highest BCUT2D eigenvalue weighted by molar-refractivity contribution is 6.12. The molecular formula is C26H23FN2O5. The highest BCUT2D eigenvalue weighted by Gasteiger charge is 2.64. The Labute approximate surface area is 195 Å². The van der Waals surface area contributed by atoms with Crippen LogP contribution in [0.25, 0.3) is 0 Å². The number of carbonyl (C=O) groups excluding carboxylic acids is 2. The third-order valence-electron chi connectivity index (χ3n) is 6.99.